The molecule has 2 rings (SSSR count). The molecule has 0 amide bonds. The summed E-state index contributed by atoms with van der Waals surface area (Å²) in [6.07, 6.45) is -4.39. The van der Waals surface area contributed by atoms with Crippen LogP contribution in [0.5, 0.6) is 0 Å². The minimum absolute atomic E-state index is 0.107. The smallest absolute Gasteiger partial charge is 0.372 e. The highest BCUT2D eigenvalue weighted by Gasteiger charge is 2.34. The van der Waals surface area contributed by atoms with E-state index in [1.807, 2.05) is 18.7 Å². The Morgan fingerprint density at radius 1 is 1.35 bits per heavy atom. The van der Waals surface area contributed by atoms with Gasteiger partial charge in [-0.3, -0.25) is 0 Å². The predicted octanol–water partition coefficient (Wildman–Crippen LogP) is 4.06. The molecule has 2 nitrogen and oxygen atoms in total. The Morgan fingerprint density at radius 3 is 2.60 bits per heavy atom. The number of hydrogen-bond acceptors (Lipinski definition) is 2. The van der Waals surface area contributed by atoms with Crippen molar-refractivity contribution in [1.82, 2.24) is 0 Å². The number of anilines is 1. The van der Waals surface area contributed by atoms with Gasteiger partial charge in [0.15, 0.2) is 0 Å². The average molecular weight is 308 g/mol. The van der Waals surface area contributed by atoms with E-state index in [9.17, 15) is 13.2 Å². The average Bonchev–Trinajstić information content (AvgIpc) is 2.35. The van der Waals surface area contributed by atoms with Crippen LogP contribution in [0.2, 0.25) is 0 Å². The lowest BCUT2D eigenvalue weighted by molar-refractivity contribution is -0.138. The minimum Gasteiger partial charge on any atom is -0.372 e. The number of halogens is 4. The van der Waals surface area contributed by atoms with Crippen LogP contribution in [0.4, 0.5) is 18.9 Å². The number of nitrogens with zero attached hydrogens (tertiary/aromatic N) is 1. The van der Waals surface area contributed by atoms with Crippen molar-refractivity contribution < 1.29 is 17.9 Å². The maximum Gasteiger partial charge on any atom is 0.416 e. The van der Waals surface area contributed by atoms with Crippen LogP contribution >= 0.6 is 11.6 Å². The molecule has 0 radical (unpaired) electrons. The lowest BCUT2D eigenvalue weighted by Gasteiger charge is -2.39. The van der Waals surface area contributed by atoms with Gasteiger partial charge >= 0.3 is 6.18 Å². The van der Waals surface area contributed by atoms with E-state index in [2.05, 4.69) is 0 Å². The Morgan fingerprint density at radius 2 is 2.05 bits per heavy atom. The van der Waals surface area contributed by atoms with Gasteiger partial charge in [0.25, 0.3) is 0 Å². The van der Waals surface area contributed by atoms with Crippen molar-refractivity contribution in [2.45, 2.75) is 31.5 Å². The molecule has 0 unspecified atom stereocenters. The van der Waals surface area contributed by atoms with Gasteiger partial charge in [-0.2, -0.15) is 13.2 Å². The molecule has 1 aliphatic rings. The number of rotatable bonds is 2. The molecule has 1 aromatic carbocycles. The Kier molecular flexibility index (Phi) is 4.21. The highest BCUT2D eigenvalue weighted by atomic mass is 35.5. The van der Waals surface area contributed by atoms with Gasteiger partial charge in [0.2, 0.25) is 0 Å². The fourth-order valence-corrected chi connectivity index (χ4v) is 2.61. The van der Waals surface area contributed by atoms with Crippen LogP contribution in [0.3, 0.4) is 0 Å². The SMILES string of the molecule is CC1(C)CN(c2ccc(CCl)c(C(F)(F)F)c2)CCO1. The van der Waals surface area contributed by atoms with Gasteiger partial charge in [-0.1, -0.05) is 6.07 Å². The lowest BCUT2D eigenvalue weighted by atomic mass is 10.0. The molecule has 0 bridgehead atoms. The summed E-state index contributed by atoms with van der Waals surface area (Å²) in [6, 6.07) is 4.32. The Balaban J connectivity index is 2.34. The molecular weight excluding hydrogens is 291 g/mol. The Bertz CT molecular complexity index is 488. The third-order valence-electron chi connectivity index (χ3n) is 3.33. The first kappa shape index (κ1) is 15.4. The van der Waals surface area contributed by atoms with Crippen LogP contribution in [0.1, 0.15) is 25.0 Å². The van der Waals surface area contributed by atoms with Crippen molar-refractivity contribution >= 4 is 17.3 Å². The maximum atomic E-state index is 13.0. The van der Waals surface area contributed by atoms with E-state index < -0.39 is 11.7 Å². The Hall–Kier alpha value is -0.940. The topological polar surface area (TPSA) is 12.5 Å². The number of alkyl halides is 4. The summed E-state index contributed by atoms with van der Waals surface area (Å²) in [5.74, 6) is -0.149. The molecule has 1 saturated heterocycles. The molecule has 1 aliphatic heterocycles. The zero-order chi connectivity index (χ0) is 15.0. The minimum atomic E-state index is -4.39. The fraction of sp³-hybridized carbons (Fsp3) is 0.571. The van der Waals surface area contributed by atoms with E-state index in [-0.39, 0.29) is 17.0 Å². The predicted molar refractivity (Wildman–Crippen MR) is 73.2 cm³/mol. The Labute approximate surface area is 121 Å². The molecule has 1 heterocycles. The molecule has 0 N–H and O–H groups in total. The summed E-state index contributed by atoms with van der Waals surface area (Å²) < 4.78 is 44.7. The van der Waals surface area contributed by atoms with E-state index in [0.717, 1.165) is 0 Å². The van der Waals surface area contributed by atoms with E-state index in [0.29, 0.717) is 25.4 Å². The van der Waals surface area contributed by atoms with Crippen molar-refractivity contribution in [1.29, 1.82) is 0 Å². The second-order valence-corrected chi connectivity index (χ2v) is 5.77. The van der Waals surface area contributed by atoms with Crippen LogP contribution in [-0.2, 0) is 16.8 Å². The first-order valence-corrected chi connectivity index (χ1v) is 6.91. The lowest BCUT2D eigenvalue weighted by Crippen LogP contribution is -2.48. The van der Waals surface area contributed by atoms with Gasteiger partial charge in [0.1, 0.15) is 0 Å². The number of hydrogen-bond donors (Lipinski definition) is 0. The third kappa shape index (κ3) is 3.38. The van der Waals surface area contributed by atoms with Crippen molar-refractivity contribution in [3.63, 3.8) is 0 Å². The first-order valence-electron chi connectivity index (χ1n) is 6.38. The highest BCUT2D eigenvalue weighted by Crippen LogP contribution is 2.36. The summed E-state index contributed by atoms with van der Waals surface area (Å²) in [4.78, 5) is 1.91. The number of benzene rings is 1. The number of morpholine rings is 1. The summed E-state index contributed by atoms with van der Waals surface area (Å²) >= 11 is 5.59. The maximum absolute atomic E-state index is 13.0. The molecular formula is C14H17ClF3NO. The normalized spacial score (nSPS) is 19.2. The molecule has 1 fully saturated rings. The van der Waals surface area contributed by atoms with Crippen molar-refractivity contribution in [3.05, 3.63) is 29.3 Å². The van der Waals surface area contributed by atoms with Crippen LogP contribution in [-0.4, -0.2) is 25.3 Å². The van der Waals surface area contributed by atoms with Crippen molar-refractivity contribution in [3.8, 4) is 0 Å². The van der Waals surface area contributed by atoms with Crippen LogP contribution in [0, 0.1) is 0 Å². The molecule has 1 aromatic rings. The first-order chi connectivity index (χ1) is 9.23. The van der Waals surface area contributed by atoms with E-state index in [4.69, 9.17) is 16.3 Å². The van der Waals surface area contributed by atoms with Crippen LogP contribution < -0.4 is 4.90 Å². The molecule has 6 heteroatoms. The summed E-state index contributed by atoms with van der Waals surface area (Å²) in [5.41, 5.74) is -0.353. The van der Waals surface area contributed by atoms with E-state index in [1.165, 1.54) is 12.1 Å². The second-order valence-electron chi connectivity index (χ2n) is 5.50. The van der Waals surface area contributed by atoms with Gasteiger partial charge in [-0.25, -0.2) is 0 Å². The van der Waals surface area contributed by atoms with Gasteiger partial charge in [-0.05, 0) is 31.5 Å². The van der Waals surface area contributed by atoms with Gasteiger partial charge in [-0.15, -0.1) is 11.6 Å². The van der Waals surface area contributed by atoms with Gasteiger partial charge in [0, 0.05) is 24.7 Å². The highest BCUT2D eigenvalue weighted by molar-refractivity contribution is 6.17. The zero-order valence-electron chi connectivity index (χ0n) is 11.4. The van der Waals surface area contributed by atoms with Gasteiger partial charge in [0.05, 0.1) is 17.8 Å². The van der Waals surface area contributed by atoms with Crippen LogP contribution in [0.15, 0.2) is 18.2 Å². The fourth-order valence-electron chi connectivity index (χ4n) is 2.38. The number of ether oxygens (including phenoxy) is 1. The third-order valence-corrected chi connectivity index (χ3v) is 3.62. The largest absolute Gasteiger partial charge is 0.416 e. The molecule has 20 heavy (non-hydrogen) atoms. The van der Waals surface area contributed by atoms with E-state index >= 15 is 0 Å². The van der Waals surface area contributed by atoms with Crippen LogP contribution in [0.25, 0.3) is 0 Å². The summed E-state index contributed by atoms with van der Waals surface area (Å²) in [5, 5.41) is 0. The summed E-state index contributed by atoms with van der Waals surface area (Å²) in [6.45, 7) is 5.50. The molecule has 0 spiro atoms. The molecule has 112 valence electrons. The van der Waals surface area contributed by atoms with E-state index in [1.54, 1.807) is 6.07 Å². The quantitative estimate of drug-likeness (QED) is 0.764. The zero-order valence-corrected chi connectivity index (χ0v) is 12.2. The second kappa shape index (κ2) is 5.45. The van der Waals surface area contributed by atoms with Crippen molar-refractivity contribution in [2.75, 3.05) is 24.6 Å². The molecule has 0 aliphatic carbocycles. The molecule has 0 atom stereocenters. The molecule has 0 aromatic heterocycles. The monoisotopic (exact) mass is 307 g/mol. The summed E-state index contributed by atoms with van der Waals surface area (Å²) in [7, 11) is 0. The van der Waals surface area contributed by atoms with Crippen molar-refractivity contribution in [2.24, 2.45) is 0 Å². The van der Waals surface area contributed by atoms with Gasteiger partial charge < -0.3 is 9.64 Å². The molecule has 0 saturated carbocycles. The standard InChI is InChI=1S/C14H17ClF3NO/c1-13(2)9-19(5-6-20-13)11-4-3-10(8-15)12(7-11)14(16,17)18/h3-4,7H,5-6,8-9H2,1-2H3.